The van der Waals surface area contributed by atoms with Gasteiger partial charge >= 0.3 is 0 Å². The third-order valence-corrected chi connectivity index (χ3v) is 4.70. The first kappa shape index (κ1) is 17.2. The van der Waals surface area contributed by atoms with Crippen molar-refractivity contribution in [1.82, 2.24) is 4.98 Å². The predicted molar refractivity (Wildman–Crippen MR) is 101 cm³/mol. The van der Waals surface area contributed by atoms with Crippen molar-refractivity contribution >= 4 is 38.9 Å². The van der Waals surface area contributed by atoms with E-state index in [0.29, 0.717) is 17.5 Å². The zero-order valence-electron chi connectivity index (χ0n) is 14.7. The van der Waals surface area contributed by atoms with Crippen LogP contribution in [0.25, 0.3) is 16.5 Å². The standard InChI is InChI=1S/C19H20N2O3S/c1-5-23-16-10-17-15(12(3)13(4)24-17)9-14(16)11(2)8-18(22)21-19-20-6-7-25-19/h6-10H,5H2,1-4H3,(H,20,21,22)/b11-8+. The van der Waals surface area contributed by atoms with Crippen molar-refractivity contribution < 1.29 is 13.9 Å². The van der Waals surface area contributed by atoms with Crippen molar-refractivity contribution in [3.8, 4) is 5.75 Å². The molecule has 0 fully saturated rings. The van der Waals surface area contributed by atoms with E-state index in [1.165, 1.54) is 11.3 Å². The number of aromatic nitrogens is 1. The normalized spacial score (nSPS) is 11.8. The molecule has 2 aromatic heterocycles. The number of nitrogens with one attached hydrogen (secondary N) is 1. The summed E-state index contributed by atoms with van der Waals surface area (Å²) in [7, 11) is 0. The van der Waals surface area contributed by atoms with Crippen molar-refractivity contribution in [3.63, 3.8) is 0 Å². The minimum atomic E-state index is -0.213. The lowest BCUT2D eigenvalue weighted by Gasteiger charge is -2.11. The number of carbonyl (C=O) groups excluding carboxylic acids is 1. The molecule has 6 heteroatoms. The Labute approximate surface area is 150 Å². The number of amides is 1. The molecule has 0 radical (unpaired) electrons. The SMILES string of the molecule is CCOc1cc2oc(C)c(C)c2cc1/C(C)=C/C(=O)Nc1nccs1. The molecule has 25 heavy (non-hydrogen) atoms. The van der Waals surface area contributed by atoms with Crippen molar-refractivity contribution in [2.24, 2.45) is 0 Å². The van der Waals surface area contributed by atoms with Gasteiger partial charge in [-0.25, -0.2) is 4.98 Å². The number of fused-ring (bicyclic) bond motifs is 1. The third-order valence-electron chi connectivity index (χ3n) is 4.01. The Morgan fingerprint density at radius 1 is 1.40 bits per heavy atom. The molecule has 130 valence electrons. The Hall–Kier alpha value is -2.60. The van der Waals surface area contributed by atoms with E-state index in [1.807, 2.05) is 45.2 Å². The quantitative estimate of drug-likeness (QED) is 0.657. The van der Waals surface area contributed by atoms with E-state index in [9.17, 15) is 4.79 Å². The lowest BCUT2D eigenvalue weighted by molar-refractivity contribution is -0.111. The van der Waals surface area contributed by atoms with Crippen LogP contribution >= 0.6 is 11.3 Å². The zero-order valence-corrected chi connectivity index (χ0v) is 15.5. The molecule has 3 rings (SSSR count). The van der Waals surface area contributed by atoms with Crippen LogP contribution in [0.3, 0.4) is 0 Å². The molecule has 1 aromatic carbocycles. The van der Waals surface area contributed by atoms with E-state index >= 15 is 0 Å². The van der Waals surface area contributed by atoms with Crippen molar-refractivity contribution in [2.45, 2.75) is 27.7 Å². The number of hydrogen-bond acceptors (Lipinski definition) is 5. The molecule has 0 unspecified atom stereocenters. The Kier molecular flexibility index (Phi) is 4.90. The van der Waals surface area contributed by atoms with Crippen LogP contribution in [0.15, 0.2) is 34.2 Å². The van der Waals surface area contributed by atoms with E-state index in [4.69, 9.17) is 9.15 Å². The van der Waals surface area contributed by atoms with Gasteiger partial charge in [0.25, 0.3) is 0 Å². The highest BCUT2D eigenvalue weighted by atomic mass is 32.1. The van der Waals surface area contributed by atoms with Crippen LogP contribution < -0.4 is 10.1 Å². The molecular weight excluding hydrogens is 336 g/mol. The molecule has 0 atom stereocenters. The second-order valence-corrected chi connectivity index (χ2v) is 6.61. The largest absolute Gasteiger partial charge is 0.493 e. The number of furan rings is 1. The van der Waals surface area contributed by atoms with Crippen LogP contribution in [0.2, 0.25) is 0 Å². The monoisotopic (exact) mass is 356 g/mol. The number of anilines is 1. The van der Waals surface area contributed by atoms with Gasteiger partial charge in [-0.1, -0.05) is 0 Å². The highest BCUT2D eigenvalue weighted by Crippen LogP contribution is 2.35. The summed E-state index contributed by atoms with van der Waals surface area (Å²) in [4.78, 5) is 16.3. The van der Waals surface area contributed by atoms with Crippen LogP contribution in [0.1, 0.15) is 30.7 Å². The Bertz CT molecular complexity index is 939. The molecule has 0 aliphatic heterocycles. The van der Waals surface area contributed by atoms with Crippen molar-refractivity contribution in [3.05, 3.63) is 46.7 Å². The highest BCUT2D eigenvalue weighted by Gasteiger charge is 2.14. The van der Waals surface area contributed by atoms with Gasteiger partial charge in [-0.2, -0.15) is 0 Å². The second kappa shape index (κ2) is 7.11. The van der Waals surface area contributed by atoms with Crippen LogP contribution in [-0.2, 0) is 4.79 Å². The molecular formula is C19H20N2O3S. The molecule has 3 aromatic rings. The van der Waals surface area contributed by atoms with Gasteiger partial charge in [0.2, 0.25) is 5.91 Å². The number of hydrogen-bond donors (Lipinski definition) is 1. The van der Waals surface area contributed by atoms with Crippen LogP contribution in [0.4, 0.5) is 5.13 Å². The van der Waals surface area contributed by atoms with Crippen molar-refractivity contribution in [2.75, 3.05) is 11.9 Å². The van der Waals surface area contributed by atoms with Gasteiger partial charge in [0.05, 0.1) is 6.61 Å². The second-order valence-electron chi connectivity index (χ2n) is 5.71. The first-order valence-corrected chi connectivity index (χ1v) is 8.93. The maximum absolute atomic E-state index is 12.2. The zero-order chi connectivity index (χ0) is 18.0. The highest BCUT2D eigenvalue weighted by molar-refractivity contribution is 7.13. The van der Waals surface area contributed by atoms with Crippen LogP contribution in [0.5, 0.6) is 5.75 Å². The molecule has 1 amide bonds. The van der Waals surface area contributed by atoms with E-state index in [2.05, 4.69) is 10.3 Å². The smallest absolute Gasteiger partial charge is 0.250 e. The van der Waals surface area contributed by atoms with Gasteiger partial charge in [0, 0.05) is 34.7 Å². The minimum absolute atomic E-state index is 0.213. The first-order chi connectivity index (χ1) is 12.0. The summed E-state index contributed by atoms with van der Waals surface area (Å²) in [6.07, 6.45) is 3.22. The summed E-state index contributed by atoms with van der Waals surface area (Å²) in [6.45, 7) is 8.34. The lowest BCUT2D eigenvalue weighted by atomic mass is 10.0. The summed E-state index contributed by atoms with van der Waals surface area (Å²) in [5.41, 5.74) is 3.59. The Balaban J connectivity index is 1.99. The minimum Gasteiger partial charge on any atom is -0.493 e. The number of nitrogens with zero attached hydrogens (tertiary/aromatic N) is 1. The molecule has 0 saturated heterocycles. The number of thiazole rings is 1. The van der Waals surface area contributed by atoms with Gasteiger partial charge < -0.3 is 9.15 Å². The van der Waals surface area contributed by atoms with Gasteiger partial charge in [-0.05, 0) is 44.9 Å². The van der Waals surface area contributed by atoms with Gasteiger partial charge in [0.15, 0.2) is 5.13 Å². The summed E-state index contributed by atoms with van der Waals surface area (Å²) < 4.78 is 11.5. The predicted octanol–water partition coefficient (Wildman–Crippen LogP) is 4.95. The van der Waals surface area contributed by atoms with Crippen LogP contribution in [-0.4, -0.2) is 17.5 Å². The van der Waals surface area contributed by atoms with Gasteiger partial charge in [0.1, 0.15) is 17.1 Å². The molecule has 2 heterocycles. The molecule has 0 aliphatic rings. The molecule has 5 nitrogen and oxygen atoms in total. The van der Waals surface area contributed by atoms with Gasteiger partial charge in [-0.3, -0.25) is 10.1 Å². The number of aryl methyl sites for hydroxylation is 2. The van der Waals surface area contributed by atoms with E-state index < -0.39 is 0 Å². The van der Waals surface area contributed by atoms with E-state index in [-0.39, 0.29) is 5.91 Å². The topological polar surface area (TPSA) is 64.4 Å². The number of benzene rings is 1. The molecule has 0 saturated carbocycles. The Morgan fingerprint density at radius 2 is 2.20 bits per heavy atom. The van der Waals surface area contributed by atoms with E-state index in [1.54, 1.807) is 12.3 Å². The fourth-order valence-corrected chi connectivity index (χ4v) is 3.19. The number of rotatable bonds is 5. The van der Waals surface area contributed by atoms with Gasteiger partial charge in [-0.15, -0.1) is 11.3 Å². The maximum atomic E-state index is 12.2. The number of ether oxygens (including phenoxy) is 1. The van der Waals surface area contributed by atoms with Crippen LogP contribution in [0, 0.1) is 13.8 Å². The fourth-order valence-electron chi connectivity index (χ4n) is 2.65. The number of allylic oxidation sites excluding steroid dienone is 1. The molecule has 0 spiro atoms. The van der Waals surface area contributed by atoms with E-state index in [0.717, 1.165) is 33.4 Å². The average molecular weight is 356 g/mol. The summed E-state index contributed by atoms with van der Waals surface area (Å²) in [6, 6.07) is 3.92. The summed E-state index contributed by atoms with van der Waals surface area (Å²) in [5.74, 6) is 1.38. The van der Waals surface area contributed by atoms with Crippen molar-refractivity contribution in [1.29, 1.82) is 0 Å². The first-order valence-electron chi connectivity index (χ1n) is 8.05. The molecule has 1 N–H and O–H groups in total. The average Bonchev–Trinajstić information content (AvgIpc) is 3.16. The Morgan fingerprint density at radius 3 is 2.88 bits per heavy atom. The molecule has 0 bridgehead atoms. The maximum Gasteiger partial charge on any atom is 0.250 e. The molecule has 0 aliphatic carbocycles. The summed E-state index contributed by atoms with van der Waals surface area (Å²) in [5, 5.41) is 6.19. The fraction of sp³-hybridized carbons (Fsp3) is 0.263. The number of carbonyl (C=O) groups is 1. The lowest BCUT2D eigenvalue weighted by Crippen LogP contribution is -2.08. The third kappa shape index (κ3) is 3.58. The summed E-state index contributed by atoms with van der Waals surface area (Å²) >= 11 is 1.38.